The number of rotatable bonds is 5. The molecule has 2 aliphatic carbocycles. The van der Waals surface area contributed by atoms with Crippen molar-refractivity contribution in [1.82, 2.24) is 5.43 Å². The molecule has 1 heterocycles. The van der Waals surface area contributed by atoms with E-state index >= 15 is 0 Å². The molecule has 0 saturated heterocycles. The normalized spacial score (nSPS) is 30.1. The third-order valence-electron chi connectivity index (χ3n) is 7.26. The van der Waals surface area contributed by atoms with Gasteiger partial charge in [-0.05, 0) is 42.7 Å². The highest BCUT2D eigenvalue weighted by molar-refractivity contribution is 6.03. The second kappa shape index (κ2) is 7.49. The van der Waals surface area contributed by atoms with Gasteiger partial charge in [0.2, 0.25) is 6.10 Å². The summed E-state index contributed by atoms with van der Waals surface area (Å²) in [6, 6.07) is 5.89. The summed E-state index contributed by atoms with van der Waals surface area (Å²) < 4.78 is 18.4. The van der Waals surface area contributed by atoms with Crippen LogP contribution in [0.5, 0.6) is 0 Å². The van der Waals surface area contributed by atoms with Gasteiger partial charge in [0.1, 0.15) is 5.82 Å². The summed E-state index contributed by atoms with van der Waals surface area (Å²) in [6.45, 7) is 6.28. The Morgan fingerprint density at radius 3 is 2.80 bits per heavy atom. The number of carbonyl (C=O) groups is 2. The molecule has 0 spiro atoms. The van der Waals surface area contributed by atoms with Crippen LogP contribution in [0, 0.1) is 22.6 Å². The van der Waals surface area contributed by atoms with Gasteiger partial charge in [-0.2, -0.15) is 5.10 Å². The van der Waals surface area contributed by atoms with Gasteiger partial charge in [-0.25, -0.2) is 14.6 Å². The lowest BCUT2D eigenvalue weighted by Crippen LogP contribution is -2.35. The van der Waals surface area contributed by atoms with Crippen molar-refractivity contribution in [3.8, 4) is 0 Å². The van der Waals surface area contributed by atoms with Crippen LogP contribution in [0.2, 0.25) is 0 Å². The number of hydrazone groups is 1. The molecule has 3 atom stereocenters. The number of carbonyl (C=O) groups excluding carboxylic acids is 2. The summed E-state index contributed by atoms with van der Waals surface area (Å²) in [6.07, 6.45) is 2.35. The highest BCUT2D eigenvalue weighted by Gasteiger charge is 2.60. The van der Waals surface area contributed by atoms with E-state index in [2.05, 4.69) is 36.5 Å². The topological polar surface area (TPSA) is 89.3 Å². The van der Waals surface area contributed by atoms with Crippen LogP contribution in [0.25, 0.3) is 0 Å². The Kier molecular flexibility index (Phi) is 5.11. The molecule has 8 heteroatoms. The number of hydrogen-bond donors (Lipinski definition) is 1. The first-order valence-electron chi connectivity index (χ1n) is 10.2. The number of esters is 1. The fourth-order valence-corrected chi connectivity index (χ4v) is 4.83. The molecule has 1 amide bonds. The van der Waals surface area contributed by atoms with Crippen LogP contribution in [-0.2, 0) is 19.2 Å². The van der Waals surface area contributed by atoms with Crippen LogP contribution in [0.4, 0.5) is 4.39 Å². The third kappa shape index (κ3) is 3.48. The molecule has 1 aromatic rings. The Balaban J connectivity index is 1.26. The number of fused-ring (bicyclic) bond motifs is 2. The number of oxime groups is 1. The highest BCUT2D eigenvalue weighted by Crippen LogP contribution is 2.63. The highest BCUT2D eigenvalue weighted by atomic mass is 19.1. The second-order valence-corrected chi connectivity index (χ2v) is 9.04. The lowest BCUT2D eigenvalue weighted by molar-refractivity contribution is -0.158. The Morgan fingerprint density at radius 1 is 1.33 bits per heavy atom. The first-order chi connectivity index (χ1) is 14.2. The number of amides is 1. The summed E-state index contributed by atoms with van der Waals surface area (Å²) in [4.78, 5) is 29.4. The number of nitrogens with zero attached hydrogens (tertiary/aromatic N) is 2. The number of benzene rings is 1. The summed E-state index contributed by atoms with van der Waals surface area (Å²) in [5.41, 5.74) is 4.69. The summed E-state index contributed by atoms with van der Waals surface area (Å²) in [5.74, 6) is -1.000. The standard InChI is InChI=1S/C22H26FN3O4/c1-21(2)14-7-8-22(21,3)18(10-14)24-25-19(27)12-29-20(28)17-11-16(26-30-17)13-5-4-6-15(23)9-13/h4-6,9,14,17H,7-8,10-12H2,1-3H3,(H,25,27)/b24-18-. The zero-order valence-electron chi connectivity index (χ0n) is 17.4. The van der Waals surface area contributed by atoms with Crippen LogP contribution in [0.3, 0.4) is 0 Å². The van der Waals surface area contributed by atoms with E-state index in [1.807, 2.05) is 0 Å². The van der Waals surface area contributed by atoms with Crippen LogP contribution >= 0.6 is 0 Å². The Bertz CT molecular complexity index is 942. The molecule has 3 unspecified atom stereocenters. The van der Waals surface area contributed by atoms with Crippen molar-refractivity contribution in [3.05, 3.63) is 35.6 Å². The molecule has 1 aliphatic heterocycles. The maximum Gasteiger partial charge on any atom is 0.351 e. The van der Waals surface area contributed by atoms with Crippen molar-refractivity contribution in [1.29, 1.82) is 0 Å². The fourth-order valence-electron chi connectivity index (χ4n) is 4.83. The molecule has 0 aromatic heterocycles. The lowest BCUT2D eigenvalue weighted by atomic mass is 9.70. The van der Waals surface area contributed by atoms with Crippen molar-refractivity contribution in [3.63, 3.8) is 0 Å². The average molecular weight is 415 g/mol. The summed E-state index contributed by atoms with van der Waals surface area (Å²) >= 11 is 0. The average Bonchev–Trinajstić information content (AvgIpc) is 3.34. The van der Waals surface area contributed by atoms with Gasteiger partial charge in [0.25, 0.3) is 5.91 Å². The molecular formula is C22H26FN3O4. The lowest BCUT2D eigenvalue weighted by Gasteiger charge is -2.34. The van der Waals surface area contributed by atoms with Gasteiger partial charge >= 0.3 is 5.97 Å². The maximum absolute atomic E-state index is 13.3. The zero-order valence-corrected chi connectivity index (χ0v) is 17.4. The van der Waals surface area contributed by atoms with Gasteiger partial charge in [-0.3, -0.25) is 4.79 Å². The number of halogens is 1. The van der Waals surface area contributed by atoms with Crippen molar-refractivity contribution < 1.29 is 23.6 Å². The molecule has 7 nitrogen and oxygen atoms in total. The largest absolute Gasteiger partial charge is 0.453 e. The van der Waals surface area contributed by atoms with Crippen molar-refractivity contribution in [2.45, 2.75) is 52.6 Å². The van der Waals surface area contributed by atoms with Crippen LogP contribution in [0.1, 0.15) is 52.0 Å². The number of nitrogens with one attached hydrogen (secondary N) is 1. The van der Waals surface area contributed by atoms with E-state index in [0.29, 0.717) is 17.2 Å². The van der Waals surface area contributed by atoms with E-state index in [9.17, 15) is 14.0 Å². The molecule has 1 aromatic carbocycles. The van der Waals surface area contributed by atoms with Gasteiger partial charge in [0.05, 0.1) is 5.71 Å². The molecule has 30 heavy (non-hydrogen) atoms. The minimum absolute atomic E-state index is 0.00996. The molecule has 160 valence electrons. The van der Waals surface area contributed by atoms with E-state index in [1.165, 1.54) is 18.6 Å². The minimum Gasteiger partial charge on any atom is -0.453 e. The van der Waals surface area contributed by atoms with E-state index in [1.54, 1.807) is 12.1 Å². The van der Waals surface area contributed by atoms with Gasteiger partial charge in [-0.1, -0.05) is 38.1 Å². The third-order valence-corrected chi connectivity index (χ3v) is 7.26. The second-order valence-electron chi connectivity index (χ2n) is 9.04. The molecular weight excluding hydrogens is 389 g/mol. The van der Waals surface area contributed by atoms with Crippen molar-refractivity contribution in [2.75, 3.05) is 6.61 Å². The molecule has 2 fully saturated rings. The monoisotopic (exact) mass is 415 g/mol. The van der Waals surface area contributed by atoms with Gasteiger partial charge in [0, 0.05) is 23.1 Å². The fraction of sp³-hybridized carbons (Fsp3) is 0.545. The Morgan fingerprint density at radius 2 is 2.13 bits per heavy atom. The summed E-state index contributed by atoms with van der Waals surface area (Å²) in [5, 5.41) is 8.18. The predicted molar refractivity (Wildman–Crippen MR) is 108 cm³/mol. The molecule has 0 radical (unpaired) electrons. The molecule has 2 saturated carbocycles. The molecule has 1 N–H and O–H groups in total. The van der Waals surface area contributed by atoms with Crippen LogP contribution < -0.4 is 5.43 Å². The van der Waals surface area contributed by atoms with Crippen molar-refractivity contribution in [2.24, 2.45) is 27.0 Å². The quantitative estimate of drug-likeness (QED) is 0.591. The van der Waals surface area contributed by atoms with Crippen molar-refractivity contribution >= 4 is 23.3 Å². The van der Waals surface area contributed by atoms with Crippen LogP contribution in [0.15, 0.2) is 34.5 Å². The summed E-state index contributed by atoms with van der Waals surface area (Å²) in [7, 11) is 0. The maximum atomic E-state index is 13.3. The van der Waals surface area contributed by atoms with Gasteiger partial charge < -0.3 is 9.57 Å². The first kappa shape index (κ1) is 20.5. The number of ether oxygens (including phenoxy) is 1. The smallest absolute Gasteiger partial charge is 0.351 e. The molecule has 3 aliphatic rings. The van der Waals surface area contributed by atoms with E-state index < -0.39 is 30.4 Å². The SMILES string of the molecule is CC12CCC(C/C1=N/NC(=O)COC(=O)C1CC(c3cccc(F)c3)=NO1)C2(C)C. The molecule has 4 rings (SSSR count). The predicted octanol–water partition coefficient (Wildman–Crippen LogP) is 3.18. The first-order valence-corrected chi connectivity index (χ1v) is 10.2. The Hall–Kier alpha value is -2.77. The van der Waals surface area contributed by atoms with E-state index in [4.69, 9.17) is 9.57 Å². The van der Waals surface area contributed by atoms with Gasteiger partial charge in [0.15, 0.2) is 6.61 Å². The Labute approximate surface area is 174 Å². The zero-order chi connectivity index (χ0) is 21.5. The van der Waals surface area contributed by atoms with E-state index in [-0.39, 0.29) is 17.3 Å². The minimum atomic E-state index is -0.951. The molecule has 2 bridgehead atoms. The van der Waals surface area contributed by atoms with Crippen LogP contribution in [-0.4, -0.2) is 36.0 Å². The number of hydrogen-bond acceptors (Lipinski definition) is 6. The van der Waals surface area contributed by atoms with Gasteiger partial charge in [-0.15, -0.1) is 0 Å². The van der Waals surface area contributed by atoms with E-state index in [0.717, 1.165) is 18.6 Å².